The van der Waals surface area contributed by atoms with Gasteiger partial charge in [0.1, 0.15) is 13.2 Å². The summed E-state index contributed by atoms with van der Waals surface area (Å²) in [6, 6.07) is 13.4. The van der Waals surface area contributed by atoms with Gasteiger partial charge < -0.3 is 19.7 Å². The van der Waals surface area contributed by atoms with Crippen molar-refractivity contribution in [3.8, 4) is 0 Å². The lowest BCUT2D eigenvalue weighted by Gasteiger charge is -2.27. The Kier molecular flexibility index (Phi) is 7.69. The number of hydrogen-bond acceptors (Lipinski definition) is 6. The highest BCUT2D eigenvalue weighted by Gasteiger charge is 2.20. The topological polar surface area (TPSA) is 111 Å². The van der Waals surface area contributed by atoms with Crippen molar-refractivity contribution in [2.75, 3.05) is 36.6 Å². The van der Waals surface area contributed by atoms with Crippen LogP contribution in [0, 0.1) is 10.1 Å². The molecule has 0 aromatic heterocycles. The summed E-state index contributed by atoms with van der Waals surface area (Å²) in [6.45, 7) is 2.99. The maximum Gasteiger partial charge on any atom is 0.269 e. The van der Waals surface area contributed by atoms with Crippen LogP contribution in [-0.2, 0) is 25.5 Å². The number of carbonyl (C=O) groups is 2. The Morgan fingerprint density at radius 1 is 1.29 bits per heavy atom. The summed E-state index contributed by atoms with van der Waals surface area (Å²) in [5, 5.41) is 13.4. The molecule has 1 N–H and O–H groups in total. The number of non-ortho nitro benzene ring substituents is 1. The number of nitrogens with zero attached hydrogens (tertiary/aromatic N) is 2. The lowest BCUT2D eigenvalue weighted by molar-refractivity contribution is -0.384. The average Bonchev–Trinajstić information content (AvgIpc) is 2.77. The van der Waals surface area contributed by atoms with Gasteiger partial charge in [0, 0.05) is 30.1 Å². The number of morpholine rings is 1. The Morgan fingerprint density at radius 2 is 2.06 bits per heavy atom. The number of amides is 2. The highest BCUT2D eigenvalue weighted by Crippen LogP contribution is 2.20. The van der Waals surface area contributed by atoms with E-state index in [-0.39, 0.29) is 36.8 Å². The number of rotatable bonds is 9. The van der Waals surface area contributed by atoms with Crippen molar-refractivity contribution in [2.45, 2.75) is 25.9 Å². The predicted molar refractivity (Wildman–Crippen MR) is 115 cm³/mol. The molecule has 1 aliphatic rings. The average molecular weight is 427 g/mol. The molecular weight excluding hydrogens is 402 g/mol. The molecule has 164 valence electrons. The summed E-state index contributed by atoms with van der Waals surface area (Å²) < 4.78 is 11.0. The molecule has 0 aliphatic carbocycles. The highest BCUT2D eigenvalue weighted by molar-refractivity contribution is 5.95. The quantitative estimate of drug-likeness (QED) is 0.487. The molecule has 1 saturated heterocycles. The Balaban J connectivity index is 1.53. The van der Waals surface area contributed by atoms with Gasteiger partial charge in [-0.15, -0.1) is 0 Å². The second-order valence-corrected chi connectivity index (χ2v) is 7.17. The van der Waals surface area contributed by atoms with Crippen LogP contribution in [0.5, 0.6) is 0 Å². The van der Waals surface area contributed by atoms with Gasteiger partial charge in [0.05, 0.1) is 17.6 Å². The number of ether oxygens (including phenoxy) is 2. The van der Waals surface area contributed by atoms with Gasteiger partial charge in [-0.05, 0) is 42.7 Å². The molecule has 1 fully saturated rings. The van der Waals surface area contributed by atoms with Crippen molar-refractivity contribution in [3.63, 3.8) is 0 Å². The molecule has 0 bridgehead atoms. The molecule has 3 rings (SSSR count). The Bertz CT molecular complexity index is 931. The SMILES string of the molecule is CCC(Cc1cccc(N2CCOCC2=O)c1)OCC(=O)Nc1ccc([N+](=O)[O-])cc1. The molecule has 31 heavy (non-hydrogen) atoms. The molecular formula is C22H25N3O6. The van der Waals surface area contributed by atoms with E-state index in [1.165, 1.54) is 24.3 Å². The summed E-state index contributed by atoms with van der Waals surface area (Å²) in [6.07, 6.45) is 1.15. The molecule has 2 amide bonds. The fraction of sp³-hybridized carbons (Fsp3) is 0.364. The summed E-state index contributed by atoms with van der Waals surface area (Å²) in [5.41, 5.74) is 2.27. The second-order valence-electron chi connectivity index (χ2n) is 7.17. The van der Waals surface area contributed by atoms with E-state index in [9.17, 15) is 19.7 Å². The van der Waals surface area contributed by atoms with Crippen LogP contribution in [0.3, 0.4) is 0 Å². The van der Waals surface area contributed by atoms with Crippen molar-refractivity contribution in [1.29, 1.82) is 0 Å². The smallest absolute Gasteiger partial charge is 0.269 e. The number of nitro groups is 1. The van der Waals surface area contributed by atoms with Gasteiger partial charge >= 0.3 is 0 Å². The van der Waals surface area contributed by atoms with E-state index in [2.05, 4.69) is 5.32 Å². The van der Waals surface area contributed by atoms with Crippen LogP contribution >= 0.6 is 0 Å². The van der Waals surface area contributed by atoms with E-state index >= 15 is 0 Å². The minimum absolute atomic E-state index is 0.0405. The summed E-state index contributed by atoms with van der Waals surface area (Å²) in [7, 11) is 0. The van der Waals surface area contributed by atoms with Crippen LogP contribution < -0.4 is 10.2 Å². The number of nitro benzene ring substituents is 1. The fourth-order valence-corrected chi connectivity index (χ4v) is 3.28. The normalized spacial score (nSPS) is 14.9. The van der Waals surface area contributed by atoms with E-state index in [1.807, 2.05) is 31.2 Å². The molecule has 0 spiro atoms. The molecule has 0 radical (unpaired) electrons. The Labute approximate surface area is 180 Å². The van der Waals surface area contributed by atoms with Gasteiger partial charge in [0.2, 0.25) is 5.91 Å². The third kappa shape index (κ3) is 6.34. The van der Waals surface area contributed by atoms with Crippen LogP contribution in [0.2, 0.25) is 0 Å². The van der Waals surface area contributed by atoms with E-state index in [4.69, 9.17) is 9.47 Å². The van der Waals surface area contributed by atoms with Crippen molar-refractivity contribution < 1.29 is 24.0 Å². The minimum Gasteiger partial charge on any atom is -0.370 e. The lowest BCUT2D eigenvalue weighted by atomic mass is 10.0. The Morgan fingerprint density at radius 3 is 2.74 bits per heavy atom. The maximum absolute atomic E-state index is 12.2. The van der Waals surface area contributed by atoms with E-state index < -0.39 is 4.92 Å². The first-order chi connectivity index (χ1) is 15.0. The molecule has 1 unspecified atom stereocenters. The fourth-order valence-electron chi connectivity index (χ4n) is 3.28. The minimum atomic E-state index is -0.496. The van der Waals surface area contributed by atoms with Gasteiger partial charge in [-0.3, -0.25) is 19.7 Å². The number of anilines is 2. The van der Waals surface area contributed by atoms with E-state index in [0.717, 1.165) is 11.3 Å². The third-order valence-corrected chi connectivity index (χ3v) is 4.94. The molecule has 0 saturated carbocycles. The van der Waals surface area contributed by atoms with Crippen LogP contribution in [0.15, 0.2) is 48.5 Å². The molecule has 9 heteroatoms. The van der Waals surface area contributed by atoms with Gasteiger partial charge in [-0.1, -0.05) is 19.1 Å². The van der Waals surface area contributed by atoms with Crippen LogP contribution in [0.1, 0.15) is 18.9 Å². The summed E-state index contributed by atoms with van der Waals surface area (Å²) in [5.74, 6) is -0.394. The number of nitrogens with one attached hydrogen (secondary N) is 1. The molecule has 9 nitrogen and oxygen atoms in total. The number of carbonyl (C=O) groups excluding carboxylic acids is 2. The first-order valence-corrected chi connectivity index (χ1v) is 10.1. The largest absolute Gasteiger partial charge is 0.370 e. The first-order valence-electron chi connectivity index (χ1n) is 10.1. The molecule has 1 atom stereocenters. The van der Waals surface area contributed by atoms with E-state index in [0.29, 0.717) is 31.7 Å². The highest BCUT2D eigenvalue weighted by atomic mass is 16.6. The van der Waals surface area contributed by atoms with Gasteiger partial charge in [-0.2, -0.15) is 0 Å². The number of benzene rings is 2. The molecule has 2 aromatic carbocycles. The standard InChI is InChI=1S/C22H25N3O6/c1-2-20(31-14-21(26)23-17-6-8-18(9-7-17)25(28)29)13-16-4-3-5-19(12-16)24-10-11-30-15-22(24)27/h3-9,12,20H,2,10-11,13-15H2,1H3,(H,23,26). The third-order valence-electron chi connectivity index (χ3n) is 4.94. The van der Waals surface area contributed by atoms with Crippen molar-refractivity contribution >= 4 is 28.9 Å². The van der Waals surface area contributed by atoms with Crippen molar-refractivity contribution in [2.24, 2.45) is 0 Å². The zero-order valence-corrected chi connectivity index (χ0v) is 17.3. The monoisotopic (exact) mass is 427 g/mol. The van der Waals surface area contributed by atoms with Gasteiger partial charge in [0.15, 0.2) is 0 Å². The maximum atomic E-state index is 12.2. The van der Waals surface area contributed by atoms with Crippen LogP contribution in [0.4, 0.5) is 17.1 Å². The van der Waals surface area contributed by atoms with Crippen LogP contribution in [0.25, 0.3) is 0 Å². The lowest BCUT2D eigenvalue weighted by Crippen LogP contribution is -2.41. The van der Waals surface area contributed by atoms with Crippen LogP contribution in [-0.4, -0.2) is 49.2 Å². The zero-order valence-electron chi connectivity index (χ0n) is 17.3. The molecule has 1 aliphatic heterocycles. The number of hydrogen-bond donors (Lipinski definition) is 1. The zero-order chi connectivity index (χ0) is 22.2. The van der Waals surface area contributed by atoms with E-state index in [1.54, 1.807) is 4.90 Å². The van der Waals surface area contributed by atoms with Crippen molar-refractivity contribution in [3.05, 3.63) is 64.2 Å². The van der Waals surface area contributed by atoms with Crippen molar-refractivity contribution in [1.82, 2.24) is 0 Å². The Hall–Kier alpha value is -3.30. The molecule has 2 aromatic rings. The second kappa shape index (κ2) is 10.6. The summed E-state index contributed by atoms with van der Waals surface area (Å²) >= 11 is 0. The van der Waals surface area contributed by atoms with Gasteiger partial charge in [-0.25, -0.2) is 0 Å². The summed E-state index contributed by atoms with van der Waals surface area (Å²) in [4.78, 5) is 36.2. The first kappa shape index (κ1) is 22.4. The predicted octanol–water partition coefficient (Wildman–Crippen LogP) is 2.93. The molecule has 1 heterocycles. The van der Waals surface area contributed by atoms with Gasteiger partial charge in [0.25, 0.3) is 11.6 Å².